The summed E-state index contributed by atoms with van der Waals surface area (Å²) in [6, 6.07) is 8.88. The van der Waals surface area contributed by atoms with E-state index in [4.69, 9.17) is 0 Å². The number of hydrogen-bond donors (Lipinski definition) is 2. The van der Waals surface area contributed by atoms with Crippen molar-refractivity contribution in [2.24, 2.45) is 4.99 Å². The minimum atomic E-state index is 0.769. The zero-order chi connectivity index (χ0) is 19.1. The number of anilines is 1. The van der Waals surface area contributed by atoms with Crippen LogP contribution in [0.25, 0.3) is 0 Å². The number of nitrogens with one attached hydrogen (secondary N) is 2. The van der Waals surface area contributed by atoms with Crippen LogP contribution in [0.15, 0.2) is 29.3 Å². The molecular formula is C20H29N5S2. The molecule has 1 aliphatic heterocycles. The van der Waals surface area contributed by atoms with Gasteiger partial charge in [0.25, 0.3) is 0 Å². The fourth-order valence-electron chi connectivity index (χ4n) is 2.99. The van der Waals surface area contributed by atoms with E-state index in [0.717, 1.165) is 44.3 Å². The second-order valence-electron chi connectivity index (χ2n) is 6.62. The highest BCUT2D eigenvalue weighted by atomic mass is 32.2. The molecule has 2 aromatic rings. The number of aromatic nitrogens is 1. The van der Waals surface area contributed by atoms with Crippen molar-refractivity contribution in [2.75, 3.05) is 43.1 Å². The lowest BCUT2D eigenvalue weighted by molar-refractivity contribution is 0.790. The smallest absolute Gasteiger partial charge is 0.191 e. The van der Waals surface area contributed by atoms with Crippen LogP contribution in [-0.2, 0) is 13.0 Å². The van der Waals surface area contributed by atoms with E-state index in [1.54, 1.807) is 11.3 Å². The molecule has 27 heavy (non-hydrogen) atoms. The molecule has 0 radical (unpaired) electrons. The number of aryl methyl sites for hydroxylation is 2. The summed E-state index contributed by atoms with van der Waals surface area (Å²) in [6.07, 6.45) is 0.920. The number of thiazole rings is 1. The topological polar surface area (TPSA) is 52.6 Å². The van der Waals surface area contributed by atoms with Crippen LogP contribution in [0.4, 0.5) is 5.69 Å². The maximum Gasteiger partial charge on any atom is 0.191 e. The van der Waals surface area contributed by atoms with Gasteiger partial charge in [-0.2, -0.15) is 11.8 Å². The third-order valence-corrected chi connectivity index (χ3v) is 6.78. The molecule has 2 heterocycles. The highest BCUT2D eigenvalue weighted by Gasteiger charge is 2.10. The van der Waals surface area contributed by atoms with E-state index in [1.807, 2.05) is 18.8 Å². The SMILES string of the molecule is CN=C(NCCc1nc(C)c(C)s1)NCc1ccc(N2CCSCC2)cc1. The van der Waals surface area contributed by atoms with Crippen LogP contribution < -0.4 is 15.5 Å². The molecule has 0 saturated carbocycles. The summed E-state index contributed by atoms with van der Waals surface area (Å²) >= 11 is 3.82. The van der Waals surface area contributed by atoms with Gasteiger partial charge in [0.05, 0.1) is 10.7 Å². The average molecular weight is 404 g/mol. The van der Waals surface area contributed by atoms with E-state index in [0.29, 0.717) is 0 Å². The van der Waals surface area contributed by atoms with Gasteiger partial charge in [-0.3, -0.25) is 4.99 Å². The first-order valence-electron chi connectivity index (χ1n) is 9.45. The van der Waals surface area contributed by atoms with Gasteiger partial charge >= 0.3 is 0 Å². The Balaban J connectivity index is 1.43. The maximum atomic E-state index is 4.59. The monoisotopic (exact) mass is 403 g/mol. The summed E-state index contributed by atoms with van der Waals surface area (Å²) in [4.78, 5) is 12.7. The predicted molar refractivity (Wildman–Crippen MR) is 119 cm³/mol. The number of aliphatic imine (C=N–C) groups is 1. The molecule has 0 atom stereocenters. The molecule has 3 rings (SSSR count). The number of hydrogen-bond acceptors (Lipinski definition) is 5. The van der Waals surface area contributed by atoms with Crippen molar-refractivity contribution in [3.05, 3.63) is 45.4 Å². The van der Waals surface area contributed by atoms with Gasteiger partial charge < -0.3 is 15.5 Å². The lowest BCUT2D eigenvalue weighted by Crippen LogP contribution is -2.37. The summed E-state index contributed by atoms with van der Waals surface area (Å²) < 4.78 is 0. The van der Waals surface area contributed by atoms with Crippen LogP contribution in [0.3, 0.4) is 0 Å². The molecule has 0 aliphatic carbocycles. The molecular weight excluding hydrogens is 374 g/mol. The minimum Gasteiger partial charge on any atom is -0.370 e. The van der Waals surface area contributed by atoms with Crippen LogP contribution in [-0.4, -0.2) is 49.1 Å². The molecule has 0 amide bonds. The molecule has 2 N–H and O–H groups in total. The van der Waals surface area contributed by atoms with E-state index >= 15 is 0 Å². The van der Waals surface area contributed by atoms with Crippen molar-refractivity contribution >= 4 is 34.7 Å². The molecule has 1 aromatic carbocycles. The predicted octanol–water partition coefficient (Wildman–Crippen LogP) is 3.22. The first kappa shape index (κ1) is 20.0. The van der Waals surface area contributed by atoms with Crippen LogP contribution in [0.5, 0.6) is 0 Å². The zero-order valence-electron chi connectivity index (χ0n) is 16.4. The van der Waals surface area contributed by atoms with Crippen LogP contribution in [0.2, 0.25) is 0 Å². The molecule has 1 saturated heterocycles. The molecule has 5 nitrogen and oxygen atoms in total. The molecule has 0 spiro atoms. The Morgan fingerprint density at radius 3 is 2.52 bits per heavy atom. The lowest BCUT2D eigenvalue weighted by atomic mass is 10.2. The van der Waals surface area contributed by atoms with Gasteiger partial charge in [-0.05, 0) is 31.5 Å². The Labute approximate surface area is 170 Å². The van der Waals surface area contributed by atoms with Crippen molar-refractivity contribution in [2.45, 2.75) is 26.8 Å². The molecule has 1 aliphatic rings. The lowest BCUT2D eigenvalue weighted by Gasteiger charge is -2.28. The first-order valence-corrected chi connectivity index (χ1v) is 11.4. The second kappa shape index (κ2) is 9.99. The molecule has 7 heteroatoms. The summed E-state index contributed by atoms with van der Waals surface area (Å²) in [5.41, 5.74) is 3.74. The Morgan fingerprint density at radius 2 is 1.89 bits per heavy atom. The third-order valence-electron chi connectivity index (χ3n) is 4.70. The molecule has 1 aromatic heterocycles. The number of nitrogens with zero attached hydrogens (tertiary/aromatic N) is 3. The second-order valence-corrected chi connectivity index (χ2v) is 9.13. The first-order chi connectivity index (χ1) is 13.2. The zero-order valence-corrected chi connectivity index (χ0v) is 18.1. The largest absolute Gasteiger partial charge is 0.370 e. The van der Waals surface area contributed by atoms with Crippen LogP contribution >= 0.6 is 23.1 Å². The Hall–Kier alpha value is -1.73. The van der Waals surface area contributed by atoms with E-state index in [2.05, 4.69) is 63.6 Å². The molecule has 1 fully saturated rings. The Kier molecular flexibility index (Phi) is 7.41. The van der Waals surface area contributed by atoms with E-state index in [-0.39, 0.29) is 0 Å². The van der Waals surface area contributed by atoms with E-state index < -0.39 is 0 Å². The van der Waals surface area contributed by atoms with Gasteiger partial charge in [0, 0.05) is 61.7 Å². The normalized spacial score (nSPS) is 15.1. The van der Waals surface area contributed by atoms with Crippen molar-refractivity contribution in [1.29, 1.82) is 0 Å². The number of thioether (sulfide) groups is 1. The van der Waals surface area contributed by atoms with Gasteiger partial charge in [0.1, 0.15) is 0 Å². The number of rotatable bonds is 6. The van der Waals surface area contributed by atoms with Crippen molar-refractivity contribution < 1.29 is 0 Å². The van der Waals surface area contributed by atoms with E-state index in [9.17, 15) is 0 Å². The minimum absolute atomic E-state index is 0.769. The summed E-state index contributed by atoms with van der Waals surface area (Å²) in [5, 5.41) is 7.95. The summed E-state index contributed by atoms with van der Waals surface area (Å²) in [7, 11) is 1.81. The van der Waals surface area contributed by atoms with Crippen molar-refractivity contribution in [3.8, 4) is 0 Å². The summed E-state index contributed by atoms with van der Waals surface area (Å²) in [6.45, 7) is 8.09. The van der Waals surface area contributed by atoms with E-state index in [1.165, 1.54) is 32.6 Å². The Bertz CT molecular complexity index is 729. The number of benzene rings is 1. The third kappa shape index (κ3) is 5.87. The highest BCUT2D eigenvalue weighted by molar-refractivity contribution is 7.99. The number of guanidine groups is 1. The van der Waals surface area contributed by atoms with Gasteiger partial charge in [0.15, 0.2) is 5.96 Å². The fourth-order valence-corrected chi connectivity index (χ4v) is 4.82. The average Bonchev–Trinajstić information content (AvgIpc) is 3.03. The quantitative estimate of drug-likeness (QED) is 0.573. The standard InChI is InChI=1S/C20H29N5S2/c1-15-16(2)27-19(24-15)8-9-22-20(21-3)23-14-17-4-6-18(7-5-17)25-10-12-26-13-11-25/h4-7H,8-14H2,1-3H3,(H2,21,22,23). The molecule has 0 bridgehead atoms. The van der Waals surface area contributed by atoms with Crippen LogP contribution in [0, 0.1) is 13.8 Å². The Morgan fingerprint density at radius 1 is 1.15 bits per heavy atom. The van der Waals surface area contributed by atoms with Crippen LogP contribution in [0.1, 0.15) is 21.1 Å². The highest BCUT2D eigenvalue weighted by Crippen LogP contribution is 2.20. The van der Waals surface area contributed by atoms with Crippen molar-refractivity contribution in [3.63, 3.8) is 0 Å². The fraction of sp³-hybridized carbons (Fsp3) is 0.500. The van der Waals surface area contributed by atoms with Gasteiger partial charge in [-0.15, -0.1) is 11.3 Å². The van der Waals surface area contributed by atoms with Crippen molar-refractivity contribution in [1.82, 2.24) is 15.6 Å². The van der Waals surface area contributed by atoms with Gasteiger partial charge in [0.2, 0.25) is 0 Å². The van der Waals surface area contributed by atoms with Gasteiger partial charge in [-0.25, -0.2) is 4.98 Å². The molecule has 146 valence electrons. The van der Waals surface area contributed by atoms with Gasteiger partial charge in [-0.1, -0.05) is 12.1 Å². The maximum absolute atomic E-state index is 4.59. The summed E-state index contributed by atoms with van der Waals surface area (Å²) in [5.74, 6) is 3.29. The molecule has 0 unspecified atom stereocenters.